The van der Waals surface area contributed by atoms with Crippen molar-refractivity contribution in [3.8, 4) is 0 Å². The van der Waals surface area contributed by atoms with E-state index in [9.17, 15) is 4.79 Å². The Morgan fingerprint density at radius 1 is 1.19 bits per heavy atom. The van der Waals surface area contributed by atoms with Crippen molar-refractivity contribution in [3.63, 3.8) is 0 Å². The van der Waals surface area contributed by atoms with Gasteiger partial charge < -0.3 is 4.90 Å². The Bertz CT molecular complexity index is 630. The minimum atomic E-state index is 0.0806. The van der Waals surface area contributed by atoms with Crippen molar-refractivity contribution in [1.82, 2.24) is 19.3 Å². The third-order valence-electron chi connectivity index (χ3n) is 4.96. The Kier molecular flexibility index (Phi) is 3.13. The number of hydrogen-bond acceptors (Lipinski definition) is 3. The van der Waals surface area contributed by atoms with E-state index in [1.165, 1.54) is 25.7 Å². The SMILES string of the molecule is O=C(c1cn2cccnc2n1)N1CCC[C@H]2CCCC[C@H]21. The average Bonchev–Trinajstić information content (AvgIpc) is 2.97. The van der Waals surface area contributed by atoms with Gasteiger partial charge in [-0.05, 0) is 37.7 Å². The van der Waals surface area contributed by atoms with Gasteiger partial charge in [-0.1, -0.05) is 12.8 Å². The lowest BCUT2D eigenvalue weighted by Gasteiger charge is -2.43. The molecule has 0 spiro atoms. The number of nitrogens with zero attached hydrogens (tertiary/aromatic N) is 4. The van der Waals surface area contributed by atoms with Crippen molar-refractivity contribution in [2.45, 2.75) is 44.6 Å². The summed E-state index contributed by atoms with van der Waals surface area (Å²) in [5, 5.41) is 0. The zero-order chi connectivity index (χ0) is 14.2. The number of rotatable bonds is 1. The molecule has 2 aliphatic rings. The van der Waals surface area contributed by atoms with Crippen molar-refractivity contribution in [3.05, 3.63) is 30.4 Å². The van der Waals surface area contributed by atoms with Crippen LogP contribution in [0, 0.1) is 5.92 Å². The highest BCUT2D eigenvalue weighted by molar-refractivity contribution is 5.93. The van der Waals surface area contributed by atoms with E-state index >= 15 is 0 Å². The molecule has 5 nitrogen and oxygen atoms in total. The summed E-state index contributed by atoms with van der Waals surface area (Å²) >= 11 is 0. The van der Waals surface area contributed by atoms with Gasteiger partial charge in [-0.2, -0.15) is 0 Å². The lowest BCUT2D eigenvalue weighted by Crippen LogP contribution is -2.49. The van der Waals surface area contributed by atoms with E-state index < -0.39 is 0 Å². The quantitative estimate of drug-likeness (QED) is 0.808. The fourth-order valence-corrected chi connectivity index (χ4v) is 3.96. The van der Waals surface area contributed by atoms with E-state index in [1.54, 1.807) is 12.4 Å². The molecule has 4 rings (SSSR count). The van der Waals surface area contributed by atoms with Crippen LogP contribution in [0.3, 0.4) is 0 Å². The van der Waals surface area contributed by atoms with Crippen molar-refractivity contribution < 1.29 is 4.79 Å². The number of piperidine rings is 1. The summed E-state index contributed by atoms with van der Waals surface area (Å²) in [5.74, 6) is 1.38. The van der Waals surface area contributed by atoms with Crippen molar-refractivity contribution in [2.24, 2.45) is 5.92 Å². The highest BCUT2D eigenvalue weighted by atomic mass is 16.2. The van der Waals surface area contributed by atoms with Crippen molar-refractivity contribution >= 4 is 11.7 Å². The standard InChI is InChI=1S/C16H20N4O/c21-15(13-11-19-9-4-8-17-16(19)18-13)20-10-3-6-12-5-1-2-7-14(12)20/h4,8-9,11-12,14H,1-3,5-7,10H2/t12-,14-/m1/s1. The van der Waals surface area contributed by atoms with Crippen LogP contribution in [0.4, 0.5) is 0 Å². The van der Waals surface area contributed by atoms with E-state index in [2.05, 4.69) is 14.9 Å². The number of carbonyl (C=O) groups is 1. The summed E-state index contributed by atoms with van der Waals surface area (Å²) < 4.78 is 1.82. The summed E-state index contributed by atoms with van der Waals surface area (Å²) in [5.41, 5.74) is 0.528. The molecule has 1 amide bonds. The molecule has 1 saturated carbocycles. The maximum atomic E-state index is 12.8. The predicted octanol–water partition coefficient (Wildman–Crippen LogP) is 2.52. The second-order valence-electron chi connectivity index (χ2n) is 6.21. The first-order valence-corrected chi connectivity index (χ1v) is 7.93. The Morgan fingerprint density at radius 3 is 2.95 bits per heavy atom. The molecule has 2 atom stereocenters. The van der Waals surface area contributed by atoms with E-state index in [1.807, 2.05) is 16.7 Å². The molecule has 21 heavy (non-hydrogen) atoms. The minimum Gasteiger partial charge on any atom is -0.334 e. The number of carbonyl (C=O) groups excluding carboxylic acids is 1. The molecule has 2 fully saturated rings. The fourth-order valence-electron chi connectivity index (χ4n) is 3.96. The van der Waals surface area contributed by atoms with Gasteiger partial charge in [0.15, 0.2) is 0 Å². The fraction of sp³-hybridized carbons (Fsp3) is 0.562. The summed E-state index contributed by atoms with van der Waals surface area (Å²) in [4.78, 5) is 23.5. The first-order chi connectivity index (χ1) is 10.3. The third kappa shape index (κ3) is 2.20. The van der Waals surface area contributed by atoms with Gasteiger partial charge in [-0.3, -0.25) is 9.20 Å². The zero-order valence-corrected chi connectivity index (χ0v) is 12.1. The number of imidazole rings is 1. The van der Waals surface area contributed by atoms with Gasteiger partial charge in [0.1, 0.15) is 5.69 Å². The van der Waals surface area contributed by atoms with Crippen LogP contribution in [0.1, 0.15) is 49.0 Å². The molecule has 0 radical (unpaired) electrons. The molecule has 0 unspecified atom stereocenters. The highest BCUT2D eigenvalue weighted by Gasteiger charge is 2.36. The van der Waals surface area contributed by atoms with Crippen molar-refractivity contribution in [2.75, 3.05) is 6.54 Å². The van der Waals surface area contributed by atoms with Gasteiger partial charge in [-0.15, -0.1) is 0 Å². The lowest BCUT2D eigenvalue weighted by molar-refractivity contribution is 0.0386. The number of likely N-dealkylation sites (tertiary alicyclic amines) is 1. The number of fused-ring (bicyclic) bond motifs is 2. The minimum absolute atomic E-state index is 0.0806. The molecule has 5 heteroatoms. The van der Waals surface area contributed by atoms with Gasteiger partial charge in [0.05, 0.1) is 0 Å². The average molecular weight is 284 g/mol. The van der Waals surface area contributed by atoms with Gasteiger partial charge in [0.25, 0.3) is 5.91 Å². The third-order valence-corrected chi connectivity index (χ3v) is 4.96. The zero-order valence-electron chi connectivity index (χ0n) is 12.1. The van der Waals surface area contributed by atoms with Crippen LogP contribution in [-0.4, -0.2) is 37.8 Å². The van der Waals surface area contributed by atoms with Gasteiger partial charge in [-0.25, -0.2) is 9.97 Å². The topological polar surface area (TPSA) is 50.5 Å². The van der Waals surface area contributed by atoms with Crippen LogP contribution in [0.2, 0.25) is 0 Å². The highest BCUT2D eigenvalue weighted by Crippen LogP contribution is 2.35. The lowest BCUT2D eigenvalue weighted by atomic mass is 9.78. The molecule has 1 aliphatic heterocycles. The molecule has 0 aromatic carbocycles. The van der Waals surface area contributed by atoms with Crippen LogP contribution in [-0.2, 0) is 0 Å². The maximum Gasteiger partial charge on any atom is 0.274 e. The van der Waals surface area contributed by atoms with Crippen LogP contribution in [0.25, 0.3) is 5.78 Å². The smallest absolute Gasteiger partial charge is 0.274 e. The molecule has 2 aromatic heterocycles. The number of amides is 1. The summed E-state index contributed by atoms with van der Waals surface area (Å²) in [7, 11) is 0. The second-order valence-corrected chi connectivity index (χ2v) is 6.21. The van der Waals surface area contributed by atoms with Crippen LogP contribution < -0.4 is 0 Å². The Hall–Kier alpha value is -1.91. The van der Waals surface area contributed by atoms with Crippen molar-refractivity contribution in [1.29, 1.82) is 0 Å². The maximum absolute atomic E-state index is 12.8. The Balaban J connectivity index is 1.63. The van der Waals surface area contributed by atoms with Gasteiger partial charge >= 0.3 is 0 Å². The molecular formula is C16H20N4O. The van der Waals surface area contributed by atoms with E-state index in [0.717, 1.165) is 19.4 Å². The Morgan fingerprint density at radius 2 is 2.05 bits per heavy atom. The first-order valence-electron chi connectivity index (χ1n) is 7.93. The molecule has 1 aliphatic carbocycles. The van der Waals surface area contributed by atoms with Crippen LogP contribution >= 0.6 is 0 Å². The molecule has 1 saturated heterocycles. The normalized spacial score (nSPS) is 25.8. The molecule has 0 N–H and O–H groups in total. The summed E-state index contributed by atoms with van der Waals surface area (Å²) in [6, 6.07) is 2.28. The van der Waals surface area contributed by atoms with E-state index in [-0.39, 0.29) is 5.91 Å². The number of hydrogen-bond donors (Lipinski definition) is 0. The molecule has 110 valence electrons. The van der Waals surface area contributed by atoms with Crippen LogP contribution in [0.5, 0.6) is 0 Å². The number of aromatic nitrogens is 3. The monoisotopic (exact) mass is 284 g/mol. The predicted molar refractivity (Wildman–Crippen MR) is 79.0 cm³/mol. The largest absolute Gasteiger partial charge is 0.334 e. The summed E-state index contributed by atoms with van der Waals surface area (Å²) in [6.07, 6.45) is 12.8. The second kappa shape index (κ2) is 5.13. The molecular weight excluding hydrogens is 264 g/mol. The molecule has 2 aromatic rings. The van der Waals surface area contributed by atoms with Gasteiger partial charge in [0.2, 0.25) is 5.78 Å². The van der Waals surface area contributed by atoms with E-state index in [0.29, 0.717) is 23.4 Å². The molecule has 3 heterocycles. The summed E-state index contributed by atoms with van der Waals surface area (Å²) in [6.45, 7) is 0.876. The molecule has 0 bridgehead atoms. The first kappa shape index (κ1) is 12.8. The van der Waals surface area contributed by atoms with Crippen LogP contribution in [0.15, 0.2) is 24.7 Å². The van der Waals surface area contributed by atoms with Gasteiger partial charge in [0, 0.05) is 31.2 Å². The Labute approximate surface area is 124 Å². The van der Waals surface area contributed by atoms with E-state index in [4.69, 9.17) is 0 Å².